The van der Waals surface area contributed by atoms with E-state index in [1.54, 1.807) is 0 Å². The molecule has 0 unspecified atom stereocenters. The predicted octanol–water partition coefficient (Wildman–Crippen LogP) is 2.25. The minimum Gasteiger partial charge on any atom is -0.207 e. The molecule has 0 aromatic heterocycles. The first kappa shape index (κ1) is 10.5. The van der Waals surface area contributed by atoms with E-state index in [2.05, 4.69) is 15.9 Å². The molecular formula is C7H3BrClNO2S. The standard InChI is InChI=1S/C7H3BrClNO2S/c8-6-2-1-5(4-10)3-7(6)13(9,11)12/h1-3H. The first-order chi connectivity index (χ1) is 5.95. The van der Waals surface area contributed by atoms with E-state index in [-0.39, 0.29) is 10.5 Å². The molecule has 0 saturated carbocycles. The summed E-state index contributed by atoms with van der Waals surface area (Å²) in [5, 5.41) is 8.52. The Kier molecular flexibility index (Phi) is 2.96. The van der Waals surface area contributed by atoms with Gasteiger partial charge in [0.25, 0.3) is 9.05 Å². The van der Waals surface area contributed by atoms with Crippen LogP contribution in [0.25, 0.3) is 0 Å². The van der Waals surface area contributed by atoms with Crippen LogP contribution in [-0.2, 0) is 9.05 Å². The summed E-state index contributed by atoms with van der Waals surface area (Å²) in [6.45, 7) is 0. The van der Waals surface area contributed by atoms with Gasteiger partial charge in [-0.3, -0.25) is 0 Å². The summed E-state index contributed by atoms with van der Waals surface area (Å²) >= 11 is 3.02. The number of nitriles is 1. The molecule has 0 atom stereocenters. The molecule has 0 aliphatic heterocycles. The number of benzene rings is 1. The quantitative estimate of drug-likeness (QED) is 0.741. The van der Waals surface area contributed by atoms with Crippen molar-refractivity contribution in [1.82, 2.24) is 0 Å². The van der Waals surface area contributed by atoms with E-state index in [0.717, 1.165) is 0 Å². The molecule has 0 radical (unpaired) electrons. The van der Waals surface area contributed by atoms with Crippen LogP contribution in [0.15, 0.2) is 27.6 Å². The fraction of sp³-hybridized carbons (Fsp3) is 0. The van der Waals surface area contributed by atoms with E-state index in [9.17, 15) is 8.42 Å². The molecule has 0 aliphatic rings. The van der Waals surface area contributed by atoms with Gasteiger partial charge in [-0.05, 0) is 34.1 Å². The van der Waals surface area contributed by atoms with Crippen molar-refractivity contribution in [2.45, 2.75) is 4.90 Å². The minimum absolute atomic E-state index is 0.0896. The molecular weight excluding hydrogens is 278 g/mol. The zero-order chi connectivity index (χ0) is 10.1. The smallest absolute Gasteiger partial charge is 0.207 e. The average Bonchev–Trinajstić information content (AvgIpc) is 2.03. The van der Waals surface area contributed by atoms with Crippen LogP contribution in [0.1, 0.15) is 5.56 Å². The number of nitrogens with zero attached hydrogens (tertiary/aromatic N) is 1. The van der Waals surface area contributed by atoms with Gasteiger partial charge in [0.05, 0.1) is 16.5 Å². The fourth-order valence-electron chi connectivity index (χ4n) is 0.760. The van der Waals surface area contributed by atoms with Gasteiger partial charge in [-0.2, -0.15) is 5.26 Å². The third-order valence-corrected chi connectivity index (χ3v) is 3.64. The first-order valence-electron chi connectivity index (χ1n) is 3.09. The maximum atomic E-state index is 10.9. The minimum atomic E-state index is -3.79. The summed E-state index contributed by atoms with van der Waals surface area (Å²) in [5.41, 5.74) is 0.252. The molecule has 1 aromatic carbocycles. The van der Waals surface area contributed by atoms with E-state index in [1.807, 2.05) is 6.07 Å². The van der Waals surface area contributed by atoms with Crippen molar-refractivity contribution in [3.63, 3.8) is 0 Å². The number of halogens is 2. The molecule has 13 heavy (non-hydrogen) atoms. The lowest BCUT2D eigenvalue weighted by atomic mass is 10.2. The Morgan fingerprint density at radius 1 is 1.46 bits per heavy atom. The van der Waals surface area contributed by atoms with Gasteiger partial charge >= 0.3 is 0 Å². The summed E-state index contributed by atoms with van der Waals surface area (Å²) in [6, 6.07) is 6.00. The van der Waals surface area contributed by atoms with Crippen molar-refractivity contribution in [2.75, 3.05) is 0 Å². The van der Waals surface area contributed by atoms with Crippen LogP contribution in [0, 0.1) is 11.3 Å². The van der Waals surface area contributed by atoms with Crippen molar-refractivity contribution >= 4 is 35.7 Å². The van der Waals surface area contributed by atoms with Gasteiger partial charge in [-0.25, -0.2) is 8.42 Å². The van der Waals surface area contributed by atoms with Gasteiger partial charge < -0.3 is 0 Å². The second-order valence-electron chi connectivity index (χ2n) is 2.19. The number of rotatable bonds is 1. The Hall–Kier alpha value is -0.570. The Bertz CT molecular complexity index is 478. The third kappa shape index (κ3) is 2.44. The van der Waals surface area contributed by atoms with E-state index in [0.29, 0.717) is 4.47 Å². The topological polar surface area (TPSA) is 57.9 Å². The molecule has 0 bridgehead atoms. The Balaban J connectivity index is 3.47. The Labute approximate surface area is 88.5 Å². The third-order valence-electron chi connectivity index (χ3n) is 1.32. The Morgan fingerprint density at radius 2 is 2.08 bits per heavy atom. The van der Waals surface area contributed by atoms with E-state index >= 15 is 0 Å². The maximum absolute atomic E-state index is 10.9. The summed E-state index contributed by atoms with van der Waals surface area (Å²) in [7, 11) is 1.33. The monoisotopic (exact) mass is 279 g/mol. The van der Waals surface area contributed by atoms with Crippen LogP contribution >= 0.6 is 26.6 Å². The molecule has 0 aliphatic carbocycles. The zero-order valence-corrected chi connectivity index (χ0v) is 9.32. The zero-order valence-electron chi connectivity index (χ0n) is 6.16. The van der Waals surface area contributed by atoms with E-state index in [4.69, 9.17) is 15.9 Å². The van der Waals surface area contributed by atoms with Crippen LogP contribution in [0.2, 0.25) is 0 Å². The summed E-state index contributed by atoms with van der Waals surface area (Å²) in [4.78, 5) is -0.0896. The fourth-order valence-corrected chi connectivity index (χ4v) is 2.88. The number of hydrogen-bond acceptors (Lipinski definition) is 3. The van der Waals surface area contributed by atoms with Crippen molar-refractivity contribution < 1.29 is 8.42 Å². The lowest BCUT2D eigenvalue weighted by Gasteiger charge is -1.99. The maximum Gasteiger partial charge on any atom is 0.262 e. The second kappa shape index (κ2) is 3.66. The largest absolute Gasteiger partial charge is 0.262 e. The predicted molar refractivity (Wildman–Crippen MR) is 51.9 cm³/mol. The highest BCUT2D eigenvalue weighted by molar-refractivity contribution is 9.10. The number of hydrogen-bond donors (Lipinski definition) is 0. The van der Waals surface area contributed by atoms with Crippen molar-refractivity contribution in [3.8, 4) is 6.07 Å². The molecule has 3 nitrogen and oxygen atoms in total. The summed E-state index contributed by atoms with van der Waals surface area (Å²) < 4.78 is 22.2. The van der Waals surface area contributed by atoms with Crippen LogP contribution in [0.5, 0.6) is 0 Å². The van der Waals surface area contributed by atoms with Crippen LogP contribution in [0.3, 0.4) is 0 Å². The van der Waals surface area contributed by atoms with Crippen LogP contribution in [-0.4, -0.2) is 8.42 Å². The SMILES string of the molecule is N#Cc1ccc(Br)c(S(=O)(=O)Cl)c1. The highest BCUT2D eigenvalue weighted by atomic mass is 79.9. The van der Waals surface area contributed by atoms with Crippen LogP contribution in [0.4, 0.5) is 0 Å². The van der Waals surface area contributed by atoms with Crippen molar-refractivity contribution in [2.24, 2.45) is 0 Å². The summed E-state index contributed by atoms with van der Waals surface area (Å²) in [5.74, 6) is 0. The lowest BCUT2D eigenvalue weighted by molar-refractivity contribution is 0.609. The van der Waals surface area contributed by atoms with Crippen molar-refractivity contribution in [1.29, 1.82) is 5.26 Å². The molecule has 0 heterocycles. The molecule has 1 rings (SSSR count). The molecule has 6 heteroatoms. The molecule has 0 fully saturated rings. The molecule has 0 N–H and O–H groups in total. The lowest BCUT2D eigenvalue weighted by Crippen LogP contribution is -1.92. The first-order valence-corrected chi connectivity index (χ1v) is 6.19. The average molecular weight is 281 g/mol. The molecule has 1 aromatic rings. The second-order valence-corrected chi connectivity index (χ2v) is 5.58. The van der Waals surface area contributed by atoms with Crippen LogP contribution < -0.4 is 0 Å². The molecule has 0 spiro atoms. The molecule has 0 saturated heterocycles. The van der Waals surface area contributed by atoms with E-state index < -0.39 is 9.05 Å². The van der Waals surface area contributed by atoms with Gasteiger partial charge in [-0.1, -0.05) is 0 Å². The van der Waals surface area contributed by atoms with Gasteiger partial charge in [0, 0.05) is 15.2 Å². The summed E-state index contributed by atoms with van der Waals surface area (Å²) in [6.07, 6.45) is 0. The highest BCUT2D eigenvalue weighted by Gasteiger charge is 2.14. The normalized spacial score (nSPS) is 10.8. The van der Waals surface area contributed by atoms with Crippen molar-refractivity contribution in [3.05, 3.63) is 28.2 Å². The van der Waals surface area contributed by atoms with Gasteiger partial charge in [0.1, 0.15) is 0 Å². The molecule has 0 amide bonds. The van der Waals surface area contributed by atoms with Gasteiger partial charge in [0.15, 0.2) is 0 Å². The van der Waals surface area contributed by atoms with Gasteiger partial charge in [-0.15, -0.1) is 0 Å². The Morgan fingerprint density at radius 3 is 2.54 bits per heavy atom. The van der Waals surface area contributed by atoms with Gasteiger partial charge in [0.2, 0.25) is 0 Å². The highest BCUT2D eigenvalue weighted by Crippen LogP contribution is 2.25. The molecule has 68 valence electrons. The van der Waals surface area contributed by atoms with E-state index in [1.165, 1.54) is 18.2 Å².